The molecule has 0 spiro atoms. The van der Waals surface area contributed by atoms with E-state index in [0.717, 1.165) is 19.4 Å². The van der Waals surface area contributed by atoms with Gasteiger partial charge in [-0.15, -0.1) is 0 Å². The number of hydrogen-bond donors (Lipinski definition) is 1. The molecular weight excluding hydrogens is 246 g/mol. The number of carbonyl (C=O) groups excluding carboxylic acids is 2. The average Bonchev–Trinajstić information content (AvgIpc) is 2.93. The molecule has 0 bridgehead atoms. The van der Waals surface area contributed by atoms with E-state index in [1.165, 1.54) is 0 Å². The van der Waals surface area contributed by atoms with Crippen LogP contribution in [0.4, 0.5) is 0 Å². The molecule has 0 aromatic rings. The largest absolute Gasteiger partial charge is 0.378 e. The van der Waals surface area contributed by atoms with Gasteiger partial charge in [0.05, 0.1) is 13.2 Å². The third-order valence-corrected chi connectivity index (χ3v) is 3.89. The number of hydrogen-bond acceptors (Lipinski definition) is 4. The van der Waals surface area contributed by atoms with Gasteiger partial charge in [0.15, 0.2) is 0 Å². The number of morpholine rings is 1. The molecule has 0 radical (unpaired) electrons. The van der Waals surface area contributed by atoms with Crippen molar-refractivity contribution >= 4 is 11.8 Å². The molecule has 2 rings (SSSR count). The second kappa shape index (κ2) is 6.86. The zero-order valence-electron chi connectivity index (χ0n) is 11.3. The summed E-state index contributed by atoms with van der Waals surface area (Å²) >= 11 is 0. The van der Waals surface area contributed by atoms with Gasteiger partial charge in [0, 0.05) is 45.1 Å². The van der Waals surface area contributed by atoms with Crippen molar-refractivity contribution in [2.75, 3.05) is 39.4 Å². The zero-order chi connectivity index (χ0) is 13.7. The minimum Gasteiger partial charge on any atom is -0.378 e. The van der Waals surface area contributed by atoms with E-state index in [1.54, 1.807) is 4.90 Å². The number of likely N-dealkylation sites (tertiary alicyclic amines) is 1. The molecule has 0 saturated carbocycles. The lowest BCUT2D eigenvalue weighted by Gasteiger charge is -2.27. The number of nitrogens with zero attached hydrogens (tertiary/aromatic N) is 2. The maximum atomic E-state index is 12.1. The Morgan fingerprint density at radius 1 is 1.11 bits per heavy atom. The van der Waals surface area contributed by atoms with Crippen LogP contribution in [-0.4, -0.2) is 67.0 Å². The molecule has 6 nitrogen and oxygen atoms in total. The Balaban J connectivity index is 1.75. The summed E-state index contributed by atoms with van der Waals surface area (Å²) in [7, 11) is 0. The van der Waals surface area contributed by atoms with Crippen molar-refractivity contribution in [2.45, 2.75) is 31.7 Å². The van der Waals surface area contributed by atoms with Crippen LogP contribution in [0.3, 0.4) is 0 Å². The first kappa shape index (κ1) is 14.3. The minimum atomic E-state index is 0.0557. The Bertz CT molecular complexity index is 329. The summed E-state index contributed by atoms with van der Waals surface area (Å²) in [5, 5.41) is 0. The summed E-state index contributed by atoms with van der Waals surface area (Å²) in [5.74, 6) is 0.120. The molecule has 2 amide bonds. The summed E-state index contributed by atoms with van der Waals surface area (Å²) in [4.78, 5) is 27.6. The number of rotatable bonds is 4. The Morgan fingerprint density at radius 3 is 2.47 bits per heavy atom. The molecule has 2 heterocycles. The highest BCUT2D eigenvalue weighted by Crippen LogP contribution is 2.17. The quantitative estimate of drug-likeness (QED) is 0.752. The predicted octanol–water partition coefficient (Wildman–Crippen LogP) is -0.425. The van der Waals surface area contributed by atoms with Crippen molar-refractivity contribution in [3.8, 4) is 0 Å². The van der Waals surface area contributed by atoms with Crippen molar-refractivity contribution in [2.24, 2.45) is 5.73 Å². The lowest BCUT2D eigenvalue weighted by atomic mass is 10.2. The van der Waals surface area contributed by atoms with Gasteiger partial charge >= 0.3 is 0 Å². The first-order valence-corrected chi connectivity index (χ1v) is 7.07. The fourth-order valence-electron chi connectivity index (χ4n) is 2.74. The van der Waals surface area contributed by atoms with Crippen molar-refractivity contribution in [3.63, 3.8) is 0 Å². The summed E-state index contributed by atoms with van der Waals surface area (Å²) < 4.78 is 5.20. The summed E-state index contributed by atoms with van der Waals surface area (Å²) in [5.41, 5.74) is 5.65. The first-order chi connectivity index (χ1) is 9.22. The van der Waals surface area contributed by atoms with E-state index in [9.17, 15) is 9.59 Å². The highest BCUT2D eigenvalue weighted by atomic mass is 16.5. The van der Waals surface area contributed by atoms with Crippen molar-refractivity contribution in [3.05, 3.63) is 0 Å². The van der Waals surface area contributed by atoms with Gasteiger partial charge in [-0.1, -0.05) is 0 Å². The van der Waals surface area contributed by atoms with Gasteiger partial charge in [-0.3, -0.25) is 9.59 Å². The Kier molecular flexibility index (Phi) is 5.15. The minimum absolute atomic E-state index is 0.0557. The molecule has 19 heavy (non-hydrogen) atoms. The van der Waals surface area contributed by atoms with Gasteiger partial charge in [-0.05, 0) is 12.8 Å². The van der Waals surface area contributed by atoms with E-state index < -0.39 is 0 Å². The van der Waals surface area contributed by atoms with E-state index in [-0.39, 0.29) is 17.9 Å². The second-order valence-corrected chi connectivity index (χ2v) is 5.11. The van der Waals surface area contributed by atoms with Crippen LogP contribution in [0.5, 0.6) is 0 Å². The third-order valence-electron chi connectivity index (χ3n) is 3.89. The molecule has 108 valence electrons. The van der Waals surface area contributed by atoms with Crippen molar-refractivity contribution in [1.82, 2.24) is 9.80 Å². The molecule has 1 unspecified atom stereocenters. The molecule has 2 aliphatic heterocycles. The molecule has 2 saturated heterocycles. The van der Waals surface area contributed by atoms with Gasteiger partial charge in [0.2, 0.25) is 11.8 Å². The monoisotopic (exact) mass is 269 g/mol. The lowest BCUT2D eigenvalue weighted by Crippen LogP contribution is -2.42. The van der Waals surface area contributed by atoms with E-state index in [0.29, 0.717) is 45.7 Å². The maximum absolute atomic E-state index is 12.1. The van der Waals surface area contributed by atoms with Gasteiger partial charge in [-0.2, -0.15) is 0 Å². The molecule has 2 N–H and O–H groups in total. The highest BCUT2D eigenvalue weighted by molar-refractivity contribution is 5.84. The van der Waals surface area contributed by atoms with Crippen LogP contribution in [-0.2, 0) is 14.3 Å². The molecule has 0 aromatic heterocycles. The van der Waals surface area contributed by atoms with Crippen LogP contribution in [0, 0.1) is 0 Å². The predicted molar refractivity (Wildman–Crippen MR) is 70.4 cm³/mol. The van der Waals surface area contributed by atoms with E-state index >= 15 is 0 Å². The van der Waals surface area contributed by atoms with Gasteiger partial charge in [0.1, 0.15) is 0 Å². The van der Waals surface area contributed by atoms with Crippen LogP contribution in [0.15, 0.2) is 0 Å². The average molecular weight is 269 g/mol. The lowest BCUT2D eigenvalue weighted by molar-refractivity contribution is -0.139. The zero-order valence-corrected chi connectivity index (χ0v) is 11.3. The van der Waals surface area contributed by atoms with Gasteiger partial charge in [-0.25, -0.2) is 0 Å². The summed E-state index contributed by atoms with van der Waals surface area (Å²) in [6, 6.07) is 0.172. The molecule has 2 fully saturated rings. The maximum Gasteiger partial charge on any atom is 0.223 e. The normalized spacial score (nSPS) is 23.7. The molecular formula is C13H23N3O3. The third kappa shape index (κ3) is 3.67. The van der Waals surface area contributed by atoms with Crippen LogP contribution >= 0.6 is 0 Å². The topological polar surface area (TPSA) is 75.9 Å². The Labute approximate surface area is 113 Å². The fraction of sp³-hybridized carbons (Fsp3) is 0.846. The summed E-state index contributed by atoms with van der Waals surface area (Å²) in [6.45, 7) is 3.78. The van der Waals surface area contributed by atoms with E-state index in [1.807, 2.05) is 4.90 Å². The van der Waals surface area contributed by atoms with Crippen LogP contribution in [0.25, 0.3) is 0 Å². The standard InChI is InChI=1S/C13H23N3O3/c14-10-11-2-1-5-16(11)13(18)4-3-12(17)15-6-8-19-9-7-15/h11H,1-10,14H2. The van der Waals surface area contributed by atoms with Crippen LogP contribution in [0.1, 0.15) is 25.7 Å². The second-order valence-electron chi connectivity index (χ2n) is 5.11. The number of amides is 2. The van der Waals surface area contributed by atoms with E-state index in [2.05, 4.69) is 0 Å². The van der Waals surface area contributed by atoms with Crippen molar-refractivity contribution < 1.29 is 14.3 Å². The van der Waals surface area contributed by atoms with Crippen LogP contribution < -0.4 is 5.73 Å². The molecule has 0 aromatic carbocycles. The highest BCUT2D eigenvalue weighted by Gasteiger charge is 2.28. The molecule has 1 atom stereocenters. The molecule has 0 aliphatic carbocycles. The van der Waals surface area contributed by atoms with Crippen LogP contribution in [0.2, 0.25) is 0 Å². The van der Waals surface area contributed by atoms with Gasteiger partial charge < -0.3 is 20.3 Å². The first-order valence-electron chi connectivity index (χ1n) is 7.07. The molecule has 2 aliphatic rings. The summed E-state index contributed by atoms with van der Waals surface area (Å²) in [6.07, 6.45) is 2.60. The fourth-order valence-corrected chi connectivity index (χ4v) is 2.74. The molecule has 6 heteroatoms. The number of carbonyl (C=O) groups is 2. The van der Waals surface area contributed by atoms with Gasteiger partial charge in [0.25, 0.3) is 0 Å². The Hall–Kier alpha value is -1.14. The SMILES string of the molecule is NCC1CCCN1C(=O)CCC(=O)N1CCOCC1. The van der Waals surface area contributed by atoms with E-state index in [4.69, 9.17) is 10.5 Å². The number of nitrogens with two attached hydrogens (primary N) is 1. The smallest absolute Gasteiger partial charge is 0.223 e. The number of ether oxygens (including phenoxy) is 1. The van der Waals surface area contributed by atoms with Crippen molar-refractivity contribution in [1.29, 1.82) is 0 Å². The Morgan fingerprint density at radius 2 is 1.79 bits per heavy atom.